The Morgan fingerprint density at radius 2 is 1.07 bits per heavy atom. The SMILES string of the molecule is CCc1c(CNc2cc(C)cc(C)n2)c(CC)c(C[n+]2cc(C)ccc2N)c(CC)c1CNc1cc(C)cc(C)n1. The molecular weight excluding hydrogens is 504 g/mol. The maximum absolute atomic E-state index is 6.50. The van der Waals surface area contributed by atoms with Gasteiger partial charge >= 0.3 is 0 Å². The van der Waals surface area contributed by atoms with Gasteiger partial charge in [-0.1, -0.05) is 20.8 Å². The Morgan fingerprint density at radius 1 is 0.610 bits per heavy atom. The second-order valence-electron chi connectivity index (χ2n) is 11.2. The summed E-state index contributed by atoms with van der Waals surface area (Å²) in [6.45, 7) is 19.5. The van der Waals surface area contributed by atoms with Crippen LogP contribution in [0.3, 0.4) is 0 Å². The van der Waals surface area contributed by atoms with E-state index in [9.17, 15) is 0 Å². The Bertz CT molecular complexity index is 1410. The van der Waals surface area contributed by atoms with Gasteiger partial charge in [-0.05, 0) is 129 Å². The largest absolute Gasteiger partial charge is 0.366 e. The topological polar surface area (TPSA) is 79.7 Å². The van der Waals surface area contributed by atoms with Crippen LogP contribution in [0.2, 0.25) is 0 Å². The van der Waals surface area contributed by atoms with E-state index in [1.807, 2.05) is 6.07 Å². The van der Waals surface area contributed by atoms with Crippen molar-refractivity contribution in [3.8, 4) is 0 Å². The molecule has 0 aliphatic heterocycles. The first-order chi connectivity index (χ1) is 19.6. The van der Waals surface area contributed by atoms with Gasteiger partial charge in [0.15, 0.2) is 0 Å². The van der Waals surface area contributed by atoms with Crippen LogP contribution in [0.5, 0.6) is 0 Å². The lowest BCUT2D eigenvalue weighted by Gasteiger charge is -2.26. The molecule has 1 aromatic carbocycles. The monoisotopic (exact) mass is 551 g/mol. The molecule has 4 N–H and O–H groups in total. The molecule has 0 atom stereocenters. The van der Waals surface area contributed by atoms with Crippen LogP contribution < -0.4 is 20.9 Å². The summed E-state index contributed by atoms with van der Waals surface area (Å²) < 4.78 is 2.19. The van der Waals surface area contributed by atoms with E-state index in [0.29, 0.717) is 0 Å². The number of anilines is 3. The molecule has 0 aliphatic carbocycles. The Balaban J connectivity index is 1.87. The van der Waals surface area contributed by atoms with Gasteiger partial charge in [0.05, 0.1) is 6.20 Å². The van der Waals surface area contributed by atoms with Crippen molar-refractivity contribution in [3.05, 3.63) is 104 Å². The van der Waals surface area contributed by atoms with Gasteiger partial charge < -0.3 is 10.6 Å². The smallest absolute Gasteiger partial charge is 0.272 e. The van der Waals surface area contributed by atoms with Crippen LogP contribution in [0.15, 0.2) is 42.6 Å². The second-order valence-corrected chi connectivity index (χ2v) is 11.2. The van der Waals surface area contributed by atoms with E-state index in [2.05, 4.69) is 107 Å². The molecule has 0 spiro atoms. The van der Waals surface area contributed by atoms with Gasteiger partial charge in [-0.25, -0.2) is 14.5 Å². The number of hydrogen-bond donors (Lipinski definition) is 3. The third-order valence-corrected chi connectivity index (χ3v) is 7.87. The van der Waals surface area contributed by atoms with Crippen LogP contribution in [-0.2, 0) is 38.9 Å². The third kappa shape index (κ3) is 7.05. The predicted octanol–water partition coefficient (Wildman–Crippen LogP) is 6.85. The predicted molar refractivity (Wildman–Crippen MR) is 172 cm³/mol. The summed E-state index contributed by atoms with van der Waals surface area (Å²) in [4.78, 5) is 9.54. The van der Waals surface area contributed by atoms with Crippen molar-refractivity contribution in [1.82, 2.24) is 9.97 Å². The minimum absolute atomic E-state index is 0.724. The minimum atomic E-state index is 0.724. The van der Waals surface area contributed by atoms with Gasteiger partial charge in [-0.2, -0.15) is 0 Å². The van der Waals surface area contributed by atoms with E-state index >= 15 is 0 Å². The van der Waals surface area contributed by atoms with Crippen molar-refractivity contribution in [1.29, 1.82) is 0 Å². The lowest BCUT2D eigenvalue weighted by Crippen LogP contribution is -2.39. The summed E-state index contributed by atoms with van der Waals surface area (Å²) in [5.74, 6) is 2.62. The van der Waals surface area contributed by atoms with Crippen molar-refractivity contribution >= 4 is 17.5 Å². The summed E-state index contributed by atoms with van der Waals surface area (Å²) >= 11 is 0. The first-order valence-corrected chi connectivity index (χ1v) is 14.9. The molecule has 0 unspecified atom stereocenters. The molecule has 4 aromatic rings. The molecule has 216 valence electrons. The van der Waals surface area contributed by atoms with E-state index in [-0.39, 0.29) is 0 Å². The summed E-state index contributed by atoms with van der Waals surface area (Å²) in [5.41, 5.74) is 20.6. The van der Waals surface area contributed by atoms with E-state index in [1.165, 1.54) is 50.1 Å². The summed E-state index contributed by atoms with van der Waals surface area (Å²) in [6.07, 6.45) is 5.02. The number of nitrogens with zero attached hydrogens (tertiary/aromatic N) is 3. The van der Waals surface area contributed by atoms with Crippen LogP contribution in [0.1, 0.15) is 82.2 Å². The van der Waals surface area contributed by atoms with Crippen LogP contribution in [0.25, 0.3) is 0 Å². The summed E-state index contributed by atoms with van der Waals surface area (Å²) in [5, 5.41) is 7.36. The second kappa shape index (κ2) is 13.2. The van der Waals surface area contributed by atoms with Crippen molar-refractivity contribution in [2.75, 3.05) is 16.4 Å². The number of benzene rings is 1. The number of aryl methyl sites for hydroxylation is 5. The number of aromatic nitrogens is 3. The molecule has 0 fully saturated rings. The average Bonchev–Trinajstić information content (AvgIpc) is 2.91. The van der Waals surface area contributed by atoms with Crippen LogP contribution in [-0.4, -0.2) is 9.97 Å². The summed E-state index contributed by atoms with van der Waals surface area (Å²) in [6, 6.07) is 12.6. The van der Waals surface area contributed by atoms with Gasteiger partial charge in [-0.3, -0.25) is 5.73 Å². The fourth-order valence-corrected chi connectivity index (χ4v) is 6.20. The Labute approximate surface area is 246 Å². The standard InChI is InChI=1S/C35H46N6/c1-9-27-30(18-37-34-16-23(5)14-25(7)39-34)28(10-2)32(21-41-20-22(4)12-13-33(41)36)29(11-3)31(27)19-38-35-17-24(6)15-26(8)40-35/h12-17,20,36H,9-11,18-19,21H2,1-8H3,(H2,37,38,39,40)/p+1. The molecule has 41 heavy (non-hydrogen) atoms. The molecule has 0 saturated heterocycles. The number of pyridine rings is 3. The number of rotatable bonds is 11. The zero-order valence-electron chi connectivity index (χ0n) is 26.2. The molecule has 3 heterocycles. The third-order valence-electron chi connectivity index (χ3n) is 7.87. The Morgan fingerprint density at radius 3 is 1.51 bits per heavy atom. The lowest BCUT2D eigenvalue weighted by molar-refractivity contribution is -0.674. The van der Waals surface area contributed by atoms with E-state index in [0.717, 1.165) is 67.7 Å². The fraction of sp³-hybridized carbons (Fsp3) is 0.400. The quantitative estimate of drug-likeness (QED) is 0.178. The molecule has 3 aromatic heterocycles. The highest BCUT2D eigenvalue weighted by Crippen LogP contribution is 2.32. The minimum Gasteiger partial charge on any atom is -0.366 e. The molecule has 0 aliphatic rings. The van der Waals surface area contributed by atoms with Crippen molar-refractivity contribution in [2.24, 2.45) is 0 Å². The number of nitrogen functional groups attached to an aromatic ring is 1. The van der Waals surface area contributed by atoms with Gasteiger partial charge in [0.25, 0.3) is 5.82 Å². The number of nitrogens with one attached hydrogen (secondary N) is 2. The molecular formula is C35H47N6+. The van der Waals surface area contributed by atoms with Crippen LogP contribution in [0.4, 0.5) is 17.5 Å². The van der Waals surface area contributed by atoms with Gasteiger partial charge in [0.1, 0.15) is 18.2 Å². The van der Waals surface area contributed by atoms with Gasteiger partial charge in [-0.15, -0.1) is 0 Å². The first kappa shape index (κ1) is 30.0. The van der Waals surface area contributed by atoms with Crippen LogP contribution >= 0.6 is 0 Å². The van der Waals surface area contributed by atoms with Gasteiger partial charge in [0.2, 0.25) is 0 Å². The molecule has 0 radical (unpaired) electrons. The number of nitrogens with two attached hydrogens (primary N) is 1. The molecule has 6 nitrogen and oxygen atoms in total. The fourth-order valence-electron chi connectivity index (χ4n) is 6.20. The molecule has 0 bridgehead atoms. The number of hydrogen-bond acceptors (Lipinski definition) is 5. The van der Waals surface area contributed by atoms with E-state index in [1.54, 1.807) is 0 Å². The van der Waals surface area contributed by atoms with Crippen molar-refractivity contribution in [3.63, 3.8) is 0 Å². The van der Waals surface area contributed by atoms with Crippen molar-refractivity contribution in [2.45, 2.75) is 94.3 Å². The van der Waals surface area contributed by atoms with E-state index < -0.39 is 0 Å². The van der Waals surface area contributed by atoms with Crippen LogP contribution in [0, 0.1) is 34.6 Å². The highest BCUT2D eigenvalue weighted by molar-refractivity contribution is 5.55. The van der Waals surface area contributed by atoms with Crippen molar-refractivity contribution < 1.29 is 4.57 Å². The molecule has 6 heteroatoms. The zero-order chi connectivity index (χ0) is 29.7. The molecule has 0 amide bonds. The van der Waals surface area contributed by atoms with E-state index in [4.69, 9.17) is 15.7 Å². The zero-order valence-corrected chi connectivity index (χ0v) is 26.2. The average molecular weight is 552 g/mol. The highest BCUT2D eigenvalue weighted by atomic mass is 15.0. The Kier molecular flexibility index (Phi) is 9.64. The maximum Gasteiger partial charge on any atom is 0.272 e. The first-order valence-electron chi connectivity index (χ1n) is 14.9. The molecule has 4 rings (SSSR count). The molecule has 0 saturated carbocycles. The summed E-state index contributed by atoms with van der Waals surface area (Å²) in [7, 11) is 0. The van der Waals surface area contributed by atoms with Gasteiger partial charge in [0, 0.05) is 36.1 Å². The Hall–Kier alpha value is -3.93. The highest BCUT2D eigenvalue weighted by Gasteiger charge is 2.23. The normalized spacial score (nSPS) is 11.1. The maximum atomic E-state index is 6.50. The lowest BCUT2D eigenvalue weighted by atomic mass is 9.83.